The first kappa shape index (κ1) is 14.3. The Labute approximate surface area is 112 Å². The van der Waals surface area contributed by atoms with Gasteiger partial charge in [0.15, 0.2) is 0 Å². The molecule has 0 bridgehead atoms. The molecule has 18 heavy (non-hydrogen) atoms. The summed E-state index contributed by atoms with van der Waals surface area (Å²) in [6, 6.07) is 0.481. The van der Waals surface area contributed by atoms with E-state index in [1.165, 1.54) is 38.5 Å². The van der Waals surface area contributed by atoms with Crippen molar-refractivity contribution in [2.24, 2.45) is 23.5 Å². The van der Waals surface area contributed by atoms with E-state index in [1.54, 1.807) is 0 Å². The summed E-state index contributed by atoms with van der Waals surface area (Å²) in [6.45, 7) is 5.75. The van der Waals surface area contributed by atoms with Crippen LogP contribution in [0.5, 0.6) is 0 Å². The molecule has 0 saturated heterocycles. The molecule has 2 saturated carbocycles. The second kappa shape index (κ2) is 5.89. The Morgan fingerprint density at radius 1 is 1.28 bits per heavy atom. The van der Waals surface area contributed by atoms with Crippen molar-refractivity contribution in [3.8, 4) is 0 Å². The van der Waals surface area contributed by atoms with Gasteiger partial charge in [-0.05, 0) is 49.9 Å². The predicted molar refractivity (Wildman–Crippen MR) is 75.3 cm³/mol. The molecule has 0 spiro atoms. The molecule has 0 aromatic rings. The first-order chi connectivity index (χ1) is 8.61. The van der Waals surface area contributed by atoms with Gasteiger partial charge in [0.1, 0.15) is 0 Å². The van der Waals surface area contributed by atoms with Gasteiger partial charge >= 0.3 is 0 Å². The van der Waals surface area contributed by atoms with Gasteiger partial charge in [0.05, 0.1) is 0 Å². The summed E-state index contributed by atoms with van der Waals surface area (Å²) >= 11 is 0. The fraction of sp³-hybridized carbons (Fsp3) is 1.00. The monoisotopic (exact) mass is 254 g/mol. The summed E-state index contributed by atoms with van der Waals surface area (Å²) < 4.78 is 0. The second-order valence-corrected chi connectivity index (χ2v) is 6.77. The zero-order valence-corrected chi connectivity index (χ0v) is 12.0. The molecule has 106 valence electrons. The summed E-state index contributed by atoms with van der Waals surface area (Å²) in [5, 5.41) is 13.3. The van der Waals surface area contributed by atoms with E-state index in [9.17, 15) is 5.11 Å². The molecular weight excluding hydrogens is 224 g/mol. The molecule has 5 atom stereocenters. The van der Waals surface area contributed by atoms with Crippen molar-refractivity contribution < 1.29 is 5.11 Å². The van der Waals surface area contributed by atoms with Gasteiger partial charge in [-0.1, -0.05) is 20.3 Å². The third-order valence-corrected chi connectivity index (χ3v) is 5.51. The van der Waals surface area contributed by atoms with E-state index in [4.69, 9.17) is 5.73 Å². The largest absolute Gasteiger partial charge is 0.396 e. The molecule has 0 radical (unpaired) electrons. The summed E-state index contributed by atoms with van der Waals surface area (Å²) in [7, 11) is 0. The number of hydrogen-bond donors (Lipinski definition) is 3. The van der Waals surface area contributed by atoms with Crippen LogP contribution in [0.3, 0.4) is 0 Å². The van der Waals surface area contributed by atoms with Crippen molar-refractivity contribution in [3.63, 3.8) is 0 Å². The zero-order valence-electron chi connectivity index (χ0n) is 12.0. The van der Waals surface area contributed by atoms with Crippen LogP contribution < -0.4 is 11.1 Å². The maximum absolute atomic E-state index is 9.46. The average molecular weight is 254 g/mol. The Balaban J connectivity index is 2.03. The van der Waals surface area contributed by atoms with Crippen molar-refractivity contribution in [1.82, 2.24) is 5.32 Å². The molecule has 0 aromatic heterocycles. The van der Waals surface area contributed by atoms with Crippen LogP contribution in [0.15, 0.2) is 0 Å². The number of rotatable bonds is 4. The molecule has 3 heteroatoms. The molecular formula is C15H30N2O. The van der Waals surface area contributed by atoms with Gasteiger partial charge in [-0.25, -0.2) is 0 Å². The average Bonchev–Trinajstić information content (AvgIpc) is 2.80. The topological polar surface area (TPSA) is 58.3 Å². The summed E-state index contributed by atoms with van der Waals surface area (Å²) in [4.78, 5) is 0. The van der Waals surface area contributed by atoms with E-state index in [2.05, 4.69) is 19.2 Å². The molecule has 2 fully saturated rings. The van der Waals surface area contributed by atoms with Crippen LogP contribution in [-0.4, -0.2) is 29.8 Å². The molecule has 2 aliphatic carbocycles. The molecule has 0 aromatic carbocycles. The molecule has 4 N–H and O–H groups in total. The van der Waals surface area contributed by atoms with E-state index in [1.807, 2.05) is 0 Å². The van der Waals surface area contributed by atoms with E-state index in [0.29, 0.717) is 24.5 Å². The van der Waals surface area contributed by atoms with Gasteiger partial charge in [0.2, 0.25) is 0 Å². The van der Waals surface area contributed by atoms with Crippen LogP contribution in [0.2, 0.25) is 0 Å². The molecule has 0 amide bonds. The fourth-order valence-corrected chi connectivity index (χ4v) is 4.09. The van der Waals surface area contributed by atoms with Crippen molar-refractivity contribution in [3.05, 3.63) is 0 Å². The standard InChI is InChI=1S/C15H30N2O/c1-11-6-7-15(10-16,12(2)8-11)17-14-5-3-4-13(14)9-18/h11-14,17-18H,3-10,16H2,1-2H3. The first-order valence-electron chi connectivity index (χ1n) is 7.70. The number of nitrogens with one attached hydrogen (secondary N) is 1. The van der Waals surface area contributed by atoms with Crippen LogP contribution in [0.25, 0.3) is 0 Å². The highest BCUT2D eigenvalue weighted by Crippen LogP contribution is 2.38. The Hall–Kier alpha value is -0.120. The highest BCUT2D eigenvalue weighted by Gasteiger charge is 2.42. The number of aliphatic hydroxyl groups is 1. The smallest absolute Gasteiger partial charge is 0.0474 e. The highest BCUT2D eigenvalue weighted by molar-refractivity contribution is 5.01. The van der Waals surface area contributed by atoms with Gasteiger partial charge < -0.3 is 16.2 Å². The second-order valence-electron chi connectivity index (χ2n) is 6.77. The molecule has 2 rings (SSSR count). The maximum atomic E-state index is 9.46. The third-order valence-electron chi connectivity index (χ3n) is 5.51. The van der Waals surface area contributed by atoms with Crippen LogP contribution in [0.4, 0.5) is 0 Å². The van der Waals surface area contributed by atoms with Crippen molar-refractivity contribution in [1.29, 1.82) is 0 Å². The maximum Gasteiger partial charge on any atom is 0.0474 e. The minimum absolute atomic E-state index is 0.120. The van der Waals surface area contributed by atoms with Gasteiger partial charge in [-0.2, -0.15) is 0 Å². The van der Waals surface area contributed by atoms with Crippen LogP contribution in [0.1, 0.15) is 52.4 Å². The van der Waals surface area contributed by atoms with E-state index in [0.717, 1.165) is 12.5 Å². The lowest BCUT2D eigenvalue weighted by atomic mass is 9.69. The Morgan fingerprint density at radius 3 is 2.67 bits per heavy atom. The first-order valence-corrected chi connectivity index (χ1v) is 7.70. The summed E-state index contributed by atoms with van der Waals surface area (Å²) in [5.74, 6) is 1.92. The van der Waals surface area contributed by atoms with Crippen LogP contribution >= 0.6 is 0 Å². The quantitative estimate of drug-likeness (QED) is 0.718. The van der Waals surface area contributed by atoms with E-state index >= 15 is 0 Å². The van der Waals surface area contributed by atoms with Crippen LogP contribution in [0, 0.1) is 17.8 Å². The van der Waals surface area contributed by atoms with Gasteiger partial charge in [0, 0.05) is 24.7 Å². The SMILES string of the molecule is CC1CCC(CN)(NC2CCCC2CO)C(C)C1. The zero-order chi connectivity index (χ0) is 13.2. The molecule has 3 nitrogen and oxygen atoms in total. The minimum Gasteiger partial charge on any atom is -0.396 e. The number of hydrogen-bond acceptors (Lipinski definition) is 3. The third kappa shape index (κ3) is 2.73. The number of aliphatic hydroxyl groups excluding tert-OH is 1. The fourth-order valence-electron chi connectivity index (χ4n) is 4.09. The van der Waals surface area contributed by atoms with Gasteiger partial charge in [-0.3, -0.25) is 0 Å². The molecule has 0 aliphatic heterocycles. The van der Waals surface area contributed by atoms with Crippen LogP contribution in [-0.2, 0) is 0 Å². The molecule has 5 unspecified atom stereocenters. The highest BCUT2D eigenvalue weighted by atomic mass is 16.3. The molecule has 0 heterocycles. The normalized spacial score (nSPS) is 45.3. The van der Waals surface area contributed by atoms with Crippen molar-refractivity contribution in [2.45, 2.75) is 64.0 Å². The molecule has 2 aliphatic rings. The lowest BCUT2D eigenvalue weighted by Crippen LogP contribution is -2.61. The van der Waals surface area contributed by atoms with E-state index in [-0.39, 0.29) is 5.54 Å². The summed E-state index contributed by atoms with van der Waals surface area (Å²) in [6.07, 6.45) is 7.37. The van der Waals surface area contributed by atoms with E-state index < -0.39 is 0 Å². The Morgan fingerprint density at radius 2 is 2.06 bits per heavy atom. The van der Waals surface area contributed by atoms with Crippen molar-refractivity contribution in [2.75, 3.05) is 13.2 Å². The lowest BCUT2D eigenvalue weighted by molar-refractivity contribution is 0.0971. The van der Waals surface area contributed by atoms with Gasteiger partial charge in [0.25, 0.3) is 0 Å². The summed E-state index contributed by atoms with van der Waals surface area (Å²) in [5.41, 5.74) is 6.23. The van der Waals surface area contributed by atoms with Crippen molar-refractivity contribution >= 4 is 0 Å². The predicted octanol–water partition coefficient (Wildman–Crippen LogP) is 1.89. The Bertz CT molecular complexity index is 271. The lowest BCUT2D eigenvalue weighted by Gasteiger charge is -2.47. The Kier molecular flexibility index (Phi) is 4.68. The van der Waals surface area contributed by atoms with Gasteiger partial charge in [-0.15, -0.1) is 0 Å². The minimum atomic E-state index is 0.120. The number of nitrogens with two attached hydrogens (primary N) is 1.